The second-order valence-corrected chi connectivity index (χ2v) is 16.3. The zero-order valence-electron chi connectivity index (χ0n) is 19.9. The molecule has 11 heteroatoms. The standard InChI is InChI=1S/C21H33IN4O5Si/c1-20(2,3)32(7,8)28-10-12-14-15(31-21(4,5)30-14)18(29-12)26-9-11(22)13-16(26)24-19(23)25-17(13)27-6/h9,12,14-15,18H,10H2,1-8H3,(H2,23,24,25). The number of methoxy groups -OCH3 is 1. The van der Waals surface area contributed by atoms with Gasteiger partial charge in [-0.1, -0.05) is 20.8 Å². The lowest BCUT2D eigenvalue weighted by molar-refractivity contribution is -0.199. The van der Waals surface area contributed by atoms with E-state index in [4.69, 9.17) is 29.1 Å². The fourth-order valence-electron chi connectivity index (χ4n) is 3.95. The summed E-state index contributed by atoms with van der Waals surface area (Å²) in [7, 11) is -0.380. The van der Waals surface area contributed by atoms with E-state index >= 15 is 0 Å². The lowest BCUT2D eigenvalue weighted by Gasteiger charge is -2.37. The summed E-state index contributed by atoms with van der Waals surface area (Å²) in [5, 5.41) is 0.899. The third-order valence-corrected chi connectivity index (χ3v) is 11.9. The highest BCUT2D eigenvalue weighted by molar-refractivity contribution is 14.1. The van der Waals surface area contributed by atoms with Gasteiger partial charge in [-0.25, -0.2) is 0 Å². The fourth-order valence-corrected chi connectivity index (χ4v) is 5.74. The quantitative estimate of drug-likeness (QED) is 0.420. The van der Waals surface area contributed by atoms with Gasteiger partial charge in [0.1, 0.15) is 18.3 Å². The highest BCUT2D eigenvalue weighted by atomic mass is 127. The summed E-state index contributed by atoms with van der Waals surface area (Å²) in [5.41, 5.74) is 6.60. The second kappa shape index (κ2) is 8.05. The average Bonchev–Trinajstić information content (AvgIpc) is 3.27. The van der Waals surface area contributed by atoms with Crippen molar-refractivity contribution in [3.05, 3.63) is 9.77 Å². The van der Waals surface area contributed by atoms with Crippen LogP contribution in [0, 0.1) is 3.57 Å². The van der Waals surface area contributed by atoms with Gasteiger partial charge in [-0.05, 0) is 54.6 Å². The van der Waals surface area contributed by atoms with E-state index in [0.29, 0.717) is 18.1 Å². The Hall–Kier alpha value is -0.993. The third-order valence-electron chi connectivity index (χ3n) is 6.62. The SMILES string of the molecule is COc1nc(N)nc2c1c(I)cn2C1OC(CO[Si](C)(C)C(C)(C)C)C2OC(C)(C)OC21. The lowest BCUT2D eigenvalue weighted by Crippen LogP contribution is -2.44. The molecule has 0 radical (unpaired) electrons. The van der Waals surface area contributed by atoms with Crippen LogP contribution in [-0.4, -0.2) is 60.7 Å². The first kappa shape index (κ1) is 24.1. The number of rotatable bonds is 5. The Morgan fingerprint density at radius 3 is 2.50 bits per heavy atom. The Bertz CT molecular complexity index is 1020. The Morgan fingerprint density at radius 2 is 1.88 bits per heavy atom. The van der Waals surface area contributed by atoms with Crippen molar-refractivity contribution in [2.24, 2.45) is 0 Å². The summed E-state index contributed by atoms with van der Waals surface area (Å²) < 4.78 is 33.9. The summed E-state index contributed by atoms with van der Waals surface area (Å²) in [6.07, 6.45) is 0.689. The van der Waals surface area contributed by atoms with Crippen molar-refractivity contribution in [2.75, 3.05) is 19.5 Å². The van der Waals surface area contributed by atoms with Gasteiger partial charge in [0.05, 0.1) is 19.1 Å². The summed E-state index contributed by atoms with van der Waals surface area (Å²) in [6, 6.07) is 0. The smallest absolute Gasteiger partial charge is 0.228 e. The molecule has 2 N–H and O–H groups in total. The van der Waals surface area contributed by atoms with Crippen molar-refractivity contribution >= 4 is 47.9 Å². The maximum Gasteiger partial charge on any atom is 0.228 e. The highest BCUT2D eigenvalue weighted by Crippen LogP contribution is 2.46. The van der Waals surface area contributed by atoms with Gasteiger partial charge in [-0.3, -0.25) is 0 Å². The first-order valence-corrected chi connectivity index (χ1v) is 14.8. The minimum atomic E-state index is -1.95. The van der Waals surface area contributed by atoms with Crippen LogP contribution in [0.3, 0.4) is 0 Å². The van der Waals surface area contributed by atoms with Gasteiger partial charge < -0.3 is 33.7 Å². The van der Waals surface area contributed by atoms with Crippen LogP contribution in [0.5, 0.6) is 5.88 Å². The van der Waals surface area contributed by atoms with E-state index in [1.807, 2.05) is 24.6 Å². The van der Waals surface area contributed by atoms with E-state index < -0.39 is 20.3 Å². The van der Waals surface area contributed by atoms with Gasteiger partial charge in [0.2, 0.25) is 11.8 Å². The Morgan fingerprint density at radius 1 is 1.22 bits per heavy atom. The van der Waals surface area contributed by atoms with Crippen molar-refractivity contribution in [3.63, 3.8) is 0 Å². The van der Waals surface area contributed by atoms with Gasteiger partial charge in [-0.2, -0.15) is 9.97 Å². The number of nitrogen functional groups attached to an aromatic ring is 1. The predicted octanol–water partition coefficient (Wildman–Crippen LogP) is 4.07. The molecule has 9 nitrogen and oxygen atoms in total. The molecule has 2 saturated heterocycles. The number of fused-ring (bicyclic) bond motifs is 2. The molecule has 0 saturated carbocycles. The number of nitrogens with two attached hydrogens (primary N) is 1. The molecule has 178 valence electrons. The monoisotopic (exact) mass is 576 g/mol. The minimum absolute atomic E-state index is 0.106. The summed E-state index contributed by atoms with van der Waals surface area (Å²) in [4.78, 5) is 8.71. The van der Waals surface area contributed by atoms with Crippen LogP contribution in [0.4, 0.5) is 5.95 Å². The molecule has 0 bridgehead atoms. The average molecular weight is 577 g/mol. The van der Waals surface area contributed by atoms with Crippen LogP contribution in [-0.2, 0) is 18.6 Å². The number of hydrogen-bond acceptors (Lipinski definition) is 8. The molecule has 2 aliphatic rings. The first-order valence-electron chi connectivity index (χ1n) is 10.8. The van der Waals surface area contributed by atoms with Gasteiger partial charge in [-0.15, -0.1) is 0 Å². The second-order valence-electron chi connectivity index (χ2n) is 10.4. The van der Waals surface area contributed by atoms with Crippen molar-refractivity contribution in [2.45, 2.75) is 83.1 Å². The van der Waals surface area contributed by atoms with Gasteiger partial charge in [0.25, 0.3) is 0 Å². The van der Waals surface area contributed by atoms with E-state index in [-0.39, 0.29) is 29.3 Å². The van der Waals surface area contributed by atoms with E-state index in [1.54, 1.807) is 7.11 Å². The molecule has 4 rings (SSSR count). The van der Waals surface area contributed by atoms with Crippen LogP contribution in [0.15, 0.2) is 6.20 Å². The predicted molar refractivity (Wildman–Crippen MR) is 132 cm³/mol. The molecule has 32 heavy (non-hydrogen) atoms. The van der Waals surface area contributed by atoms with Gasteiger partial charge >= 0.3 is 0 Å². The molecule has 4 unspecified atom stereocenters. The molecule has 0 spiro atoms. The van der Waals surface area contributed by atoms with Crippen molar-refractivity contribution < 1.29 is 23.4 Å². The largest absolute Gasteiger partial charge is 0.480 e. The van der Waals surface area contributed by atoms with E-state index in [0.717, 1.165) is 8.96 Å². The molecule has 2 fully saturated rings. The molecule has 2 aromatic rings. The number of ether oxygens (including phenoxy) is 4. The number of halogens is 1. The fraction of sp³-hybridized carbons (Fsp3) is 0.714. The van der Waals surface area contributed by atoms with E-state index in [1.165, 1.54) is 0 Å². The van der Waals surface area contributed by atoms with Crippen LogP contribution >= 0.6 is 22.6 Å². The maximum atomic E-state index is 6.52. The minimum Gasteiger partial charge on any atom is -0.480 e. The van der Waals surface area contributed by atoms with Crippen molar-refractivity contribution in [1.82, 2.24) is 14.5 Å². The zero-order chi connectivity index (χ0) is 23.6. The number of nitrogens with zero attached hydrogens (tertiary/aromatic N) is 3. The topological polar surface area (TPSA) is 103 Å². The molecule has 0 aromatic carbocycles. The van der Waals surface area contributed by atoms with Crippen LogP contribution in [0.2, 0.25) is 18.1 Å². The van der Waals surface area contributed by atoms with Crippen LogP contribution < -0.4 is 10.5 Å². The van der Waals surface area contributed by atoms with Crippen LogP contribution in [0.25, 0.3) is 11.0 Å². The summed E-state index contributed by atoms with van der Waals surface area (Å²) in [5.74, 6) is -0.137. The summed E-state index contributed by atoms with van der Waals surface area (Å²) >= 11 is 2.25. The molecular weight excluding hydrogens is 543 g/mol. The lowest BCUT2D eigenvalue weighted by atomic mass is 10.1. The first-order chi connectivity index (χ1) is 14.7. The Labute approximate surface area is 203 Å². The Balaban J connectivity index is 1.69. The molecular formula is C21H33IN4O5Si. The van der Waals surface area contributed by atoms with Gasteiger partial charge in [0.15, 0.2) is 26.0 Å². The molecule has 0 amide bonds. The van der Waals surface area contributed by atoms with Gasteiger partial charge in [0, 0.05) is 9.77 Å². The van der Waals surface area contributed by atoms with Crippen molar-refractivity contribution in [1.29, 1.82) is 0 Å². The molecule has 4 heterocycles. The molecule has 2 aromatic heterocycles. The number of hydrogen-bond donors (Lipinski definition) is 1. The molecule has 0 aliphatic carbocycles. The number of anilines is 1. The molecule has 2 aliphatic heterocycles. The normalized spacial score (nSPS) is 27.8. The van der Waals surface area contributed by atoms with E-state index in [2.05, 4.69) is 66.4 Å². The van der Waals surface area contributed by atoms with Crippen molar-refractivity contribution in [3.8, 4) is 5.88 Å². The maximum absolute atomic E-state index is 6.52. The van der Waals surface area contributed by atoms with E-state index in [9.17, 15) is 0 Å². The summed E-state index contributed by atoms with van der Waals surface area (Å²) in [6.45, 7) is 15.5. The third kappa shape index (κ3) is 4.15. The zero-order valence-corrected chi connectivity index (χ0v) is 23.1. The Kier molecular flexibility index (Phi) is 6.07. The van der Waals surface area contributed by atoms with Crippen LogP contribution in [0.1, 0.15) is 40.8 Å². The number of aromatic nitrogens is 3. The highest BCUT2D eigenvalue weighted by Gasteiger charge is 2.56. The molecule has 4 atom stereocenters.